The lowest BCUT2D eigenvalue weighted by atomic mass is 9.88. The lowest BCUT2D eigenvalue weighted by Crippen LogP contribution is -2.66. The van der Waals surface area contributed by atoms with Crippen LogP contribution in [0.4, 0.5) is 9.18 Å². The molecule has 2 aromatic heterocycles. The molecule has 1 saturated heterocycles. The van der Waals surface area contributed by atoms with E-state index in [-0.39, 0.29) is 23.1 Å². The molecule has 5 rings (SSSR count). The first-order valence-corrected chi connectivity index (χ1v) is 12.1. The predicted octanol–water partition coefficient (Wildman–Crippen LogP) is 5.73. The molecule has 2 aromatic carbocycles. The number of quaternary nitrogens is 1. The maximum Gasteiger partial charge on any atom is 0.514 e. The van der Waals surface area contributed by atoms with Gasteiger partial charge in [-0.3, -0.25) is 9.88 Å². The highest BCUT2D eigenvalue weighted by molar-refractivity contribution is 5.80. The van der Waals surface area contributed by atoms with E-state index >= 15 is 0 Å². The van der Waals surface area contributed by atoms with Crippen molar-refractivity contribution in [3.05, 3.63) is 102 Å². The van der Waals surface area contributed by atoms with Gasteiger partial charge in [0.05, 0.1) is 12.2 Å². The minimum atomic E-state index is -0.932. The molecule has 1 aliphatic rings. The Hall–Kier alpha value is -3.55. The quantitative estimate of drug-likeness (QED) is 0.351. The first kappa shape index (κ1) is 23.2. The second-order valence-electron chi connectivity index (χ2n) is 9.37. The Bertz CT molecular complexity index is 1320. The van der Waals surface area contributed by atoms with Gasteiger partial charge in [0.25, 0.3) is 0 Å². The minimum Gasteiger partial charge on any atom is -0.435 e. The molecular weight excluding hydrogens is 443 g/mol. The summed E-state index contributed by atoms with van der Waals surface area (Å²) in [5, 5.41) is 11.8. The molecule has 0 radical (unpaired) electrons. The normalized spacial score (nSPS) is 22.9. The van der Waals surface area contributed by atoms with E-state index in [0.717, 1.165) is 35.6 Å². The Morgan fingerprint density at radius 2 is 2.03 bits per heavy atom. The number of nitrogens with one attached hydrogen (secondary N) is 1. The number of H-pyrrole nitrogens is 1. The SMILES string of the molecule is CCC1C(c2ccc3[nH]ccc3c2)[N+](Cc2ccncc2F)(C(=O)O)CCN1Cc1ccccc1. The lowest BCUT2D eigenvalue weighted by molar-refractivity contribution is -0.910. The molecule has 0 saturated carbocycles. The molecular formula is C28H30FN4O2+. The van der Waals surface area contributed by atoms with Crippen LogP contribution >= 0.6 is 0 Å². The number of rotatable bonds is 6. The topological polar surface area (TPSA) is 69.2 Å². The van der Waals surface area contributed by atoms with Gasteiger partial charge in [0, 0.05) is 42.1 Å². The highest BCUT2D eigenvalue weighted by Gasteiger charge is 2.54. The number of piperazine rings is 1. The molecule has 3 heterocycles. The number of fused-ring (bicyclic) bond motifs is 1. The van der Waals surface area contributed by atoms with Crippen molar-refractivity contribution in [2.75, 3.05) is 13.1 Å². The van der Waals surface area contributed by atoms with Crippen LogP contribution in [0.5, 0.6) is 0 Å². The molecule has 4 aromatic rings. The van der Waals surface area contributed by atoms with Crippen molar-refractivity contribution in [2.45, 2.75) is 38.5 Å². The second kappa shape index (κ2) is 9.60. The molecule has 2 N–H and O–H groups in total. The van der Waals surface area contributed by atoms with E-state index in [1.165, 1.54) is 11.8 Å². The number of amides is 1. The van der Waals surface area contributed by atoms with Crippen molar-refractivity contribution >= 4 is 17.0 Å². The Labute approximate surface area is 204 Å². The van der Waals surface area contributed by atoms with Gasteiger partial charge >= 0.3 is 6.09 Å². The number of carbonyl (C=O) groups is 1. The highest BCUT2D eigenvalue weighted by atomic mass is 19.1. The molecule has 1 aliphatic heterocycles. The Morgan fingerprint density at radius 3 is 2.77 bits per heavy atom. The summed E-state index contributed by atoms with van der Waals surface area (Å²) in [6.45, 7) is 3.89. The van der Waals surface area contributed by atoms with Gasteiger partial charge in [0.2, 0.25) is 0 Å². The molecule has 180 valence electrons. The van der Waals surface area contributed by atoms with Crippen LogP contribution in [0, 0.1) is 5.82 Å². The van der Waals surface area contributed by atoms with Crippen LogP contribution in [-0.4, -0.2) is 49.7 Å². The van der Waals surface area contributed by atoms with Crippen LogP contribution in [-0.2, 0) is 13.1 Å². The van der Waals surface area contributed by atoms with E-state index in [4.69, 9.17) is 0 Å². The van der Waals surface area contributed by atoms with Crippen molar-refractivity contribution in [1.82, 2.24) is 14.9 Å². The fourth-order valence-electron chi connectivity index (χ4n) is 5.70. The lowest BCUT2D eigenvalue weighted by Gasteiger charge is -2.51. The number of hydrogen-bond donors (Lipinski definition) is 2. The van der Waals surface area contributed by atoms with Gasteiger partial charge < -0.3 is 10.1 Å². The minimum absolute atomic E-state index is 0.0404. The van der Waals surface area contributed by atoms with E-state index in [1.54, 1.807) is 6.07 Å². The average Bonchev–Trinajstić information content (AvgIpc) is 3.34. The van der Waals surface area contributed by atoms with Crippen LogP contribution in [0.3, 0.4) is 0 Å². The van der Waals surface area contributed by atoms with Crippen LogP contribution in [0.2, 0.25) is 0 Å². The van der Waals surface area contributed by atoms with Crippen molar-refractivity contribution in [3.63, 3.8) is 0 Å². The molecule has 1 amide bonds. The molecule has 0 bridgehead atoms. The molecule has 3 atom stereocenters. The number of nitrogens with zero attached hydrogens (tertiary/aromatic N) is 3. The van der Waals surface area contributed by atoms with E-state index in [9.17, 15) is 14.3 Å². The largest absolute Gasteiger partial charge is 0.514 e. The summed E-state index contributed by atoms with van der Waals surface area (Å²) in [5.74, 6) is -0.467. The molecule has 7 heteroatoms. The summed E-state index contributed by atoms with van der Waals surface area (Å²) < 4.78 is 14.5. The van der Waals surface area contributed by atoms with Crippen LogP contribution in [0.1, 0.15) is 36.1 Å². The summed E-state index contributed by atoms with van der Waals surface area (Å²) in [7, 11) is 0. The standard InChI is InChI=1S/C28H29FN4O2/c1-2-26-27(22-8-9-25-21(16-22)11-13-31-25)33(28(34)35,19-23-10-12-30-17-24(23)29)15-14-32(26)18-20-6-4-3-5-7-20/h3-13,16-17,26-27,31H,2,14-15,18-19H2,1H3/p+1. The first-order valence-electron chi connectivity index (χ1n) is 12.1. The smallest absolute Gasteiger partial charge is 0.435 e. The summed E-state index contributed by atoms with van der Waals surface area (Å²) >= 11 is 0. The second-order valence-corrected chi connectivity index (χ2v) is 9.37. The van der Waals surface area contributed by atoms with E-state index in [0.29, 0.717) is 18.7 Å². The van der Waals surface area contributed by atoms with E-state index < -0.39 is 11.9 Å². The molecule has 1 fully saturated rings. The maximum atomic E-state index is 14.7. The monoisotopic (exact) mass is 473 g/mol. The zero-order chi connectivity index (χ0) is 24.4. The van der Waals surface area contributed by atoms with Crippen molar-refractivity contribution < 1.29 is 18.8 Å². The maximum absolute atomic E-state index is 14.7. The van der Waals surface area contributed by atoms with Gasteiger partial charge in [-0.2, -0.15) is 4.79 Å². The molecule has 0 spiro atoms. The number of hydrogen-bond acceptors (Lipinski definition) is 3. The van der Waals surface area contributed by atoms with Gasteiger partial charge in [-0.25, -0.2) is 8.87 Å². The fourth-order valence-corrected chi connectivity index (χ4v) is 5.70. The summed E-state index contributed by atoms with van der Waals surface area (Å²) in [6, 6.07) is 19.6. The van der Waals surface area contributed by atoms with Gasteiger partial charge in [0.15, 0.2) is 0 Å². The third kappa shape index (κ3) is 4.33. The Morgan fingerprint density at radius 1 is 1.20 bits per heavy atom. The fraction of sp³-hybridized carbons (Fsp3) is 0.286. The van der Waals surface area contributed by atoms with Gasteiger partial charge in [-0.15, -0.1) is 0 Å². The third-order valence-corrected chi connectivity index (χ3v) is 7.41. The Kier molecular flexibility index (Phi) is 6.36. The van der Waals surface area contributed by atoms with Gasteiger partial charge in [-0.1, -0.05) is 43.3 Å². The molecule has 3 unspecified atom stereocenters. The van der Waals surface area contributed by atoms with E-state index in [2.05, 4.69) is 40.0 Å². The number of halogens is 1. The van der Waals surface area contributed by atoms with E-state index in [1.807, 2.05) is 42.6 Å². The number of aromatic amines is 1. The number of pyridine rings is 1. The first-order chi connectivity index (χ1) is 17.0. The van der Waals surface area contributed by atoms with Crippen molar-refractivity contribution in [1.29, 1.82) is 0 Å². The van der Waals surface area contributed by atoms with Crippen molar-refractivity contribution in [3.8, 4) is 0 Å². The summed E-state index contributed by atoms with van der Waals surface area (Å²) in [4.78, 5) is 22.6. The third-order valence-electron chi connectivity index (χ3n) is 7.41. The van der Waals surface area contributed by atoms with Gasteiger partial charge in [-0.05, 0) is 41.6 Å². The van der Waals surface area contributed by atoms with Crippen LogP contribution in [0.15, 0.2) is 79.3 Å². The van der Waals surface area contributed by atoms with Crippen LogP contribution in [0.25, 0.3) is 10.9 Å². The highest BCUT2D eigenvalue weighted by Crippen LogP contribution is 2.42. The molecule has 35 heavy (non-hydrogen) atoms. The van der Waals surface area contributed by atoms with Crippen LogP contribution < -0.4 is 0 Å². The number of aromatic nitrogens is 2. The average molecular weight is 474 g/mol. The molecule has 0 aliphatic carbocycles. The zero-order valence-corrected chi connectivity index (χ0v) is 19.8. The summed E-state index contributed by atoms with van der Waals surface area (Å²) in [6.07, 6.45) is 4.42. The predicted molar refractivity (Wildman–Crippen MR) is 133 cm³/mol. The number of carboxylic acid groups (broad SMARTS) is 1. The Balaban J connectivity index is 1.63. The van der Waals surface area contributed by atoms with Crippen molar-refractivity contribution in [2.24, 2.45) is 0 Å². The van der Waals surface area contributed by atoms with Gasteiger partial charge in [0.1, 0.15) is 24.9 Å². The summed E-state index contributed by atoms with van der Waals surface area (Å²) in [5.41, 5.74) is 3.54. The molecule has 6 nitrogen and oxygen atoms in total. The zero-order valence-electron chi connectivity index (χ0n) is 19.8. The number of benzene rings is 2.